The molecule has 2 saturated heterocycles. The minimum atomic E-state index is -0.374. The molecule has 3 atom stereocenters. The van der Waals surface area contributed by atoms with Crippen molar-refractivity contribution in [2.45, 2.75) is 25.4 Å². The van der Waals surface area contributed by atoms with Crippen molar-refractivity contribution in [3.05, 3.63) is 63.5 Å². The zero-order valence-corrected chi connectivity index (χ0v) is 29.0. The van der Waals surface area contributed by atoms with Gasteiger partial charge < -0.3 is 29.3 Å². The largest absolute Gasteiger partial charge is 0.495 e. The fourth-order valence-corrected chi connectivity index (χ4v) is 6.78. The molecule has 2 aliphatic heterocycles. The Morgan fingerprint density at radius 1 is 1.17 bits per heavy atom. The van der Waals surface area contributed by atoms with E-state index < -0.39 is 0 Å². The number of nitrogens with one attached hydrogen (secondary N) is 1. The highest BCUT2D eigenvalue weighted by atomic mass is 35.5. The minimum absolute atomic E-state index is 0.0259. The van der Waals surface area contributed by atoms with Gasteiger partial charge in [-0.3, -0.25) is 19.0 Å². The number of pyridine rings is 1. The summed E-state index contributed by atoms with van der Waals surface area (Å²) >= 11 is 13.5. The summed E-state index contributed by atoms with van der Waals surface area (Å²) in [6.45, 7) is 6.37. The summed E-state index contributed by atoms with van der Waals surface area (Å²) in [4.78, 5) is 52.6. The number of likely N-dealkylation sites (N-methyl/N-ethyl adjacent to an activating group) is 1. The number of methoxy groups -OCH3 is 2. The van der Waals surface area contributed by atoms with Crippen LogP contribution in [0.4, 0.5) is 5.95 Å². The molecule has 14 heteroatoms. The van der Waals surface area contributed by atoms with Crippen molar-refractivity contribution < 1.29 is 23.8 Å². The molecule has 12 nitrogen and oxygen atoms in total. The summed E-state index contributed by atoms with van der Waals surface area (Å²) in [6, 6.07) is 3.02. The molecular formula is C34H40Cl2N6O6. The molecule has 2 fully saturated rings. The Balaban J connectivity index is 1.55. The third-order valence-corrected chi connectivity index (χ3v) is 9.39. The Kier molecular flexibility index (Phi) is 11.4. The van der Waals surface area contributed by atoms with Gasteiger partial charge in [-0.15, -0.1) is 0 Å². The number of anilines is 1. The monoisotopic (exact) mass is 698 g/mol. The fraction of sp³-hybridized carbons (Fsp3) is 0.441. The van der Waals surface area contributed by atoms with Gasteiger partial charge >= 0.3 is 0 Å². The van der Waals surface area contributed by atoms with Gasteiger partial charge in [0.05, 0.1) is 49.1 Å². The van der Waals surface area contributed by atoms with Crippen molar-refractivity contribution in [1.82, 2.24) is 24.3 Å². The van der Waals surface area contributed by atoms with Crippen molar-refractivity contribution in [2.24, 2.45) is 11.8 Å². The highest BCUT2D eigenvalue weighted by Gasteiger charge is 2.31. The maximum Gasteiger partial charge on any atom is 0.260 e. The zero-order chi connectivity index (χ0) is 34.5. The Hall–Kier alpha value is -3.97. The van der Waals surface area contributed by atoms with Gasteiger partial charge in [0.1, 0.15) is 17.1 Å². The van der Waals surface area contributed by atoms with Crippen molar-refractivity contribution in [2.75, 3.05) is 66.5 Å². The Morgan fingerprint density at radius 3 is 2.56 bits per heavy atom. The normalized spacial score (nSPS) is 19.4. The quantitative estimate of drug-likeness (QED) is 0.258. The number of ether oxygens (including phenoxy) is 3. The summed E-state index contributed by atoms with van der Waals surface area (Å²) in [6.07, 6.45) is 7.36. The van der Waals surface area contributed by atoms with Crippen LogP contribution in [0.1, 0.15) is 12.8 Å². The summed E-state index contributed by atoms with van der Waals surface area (Å²) < 4.78 is 18.2. The topological polar surface area (TPSA) is 128 Å². The summed E-state index contributed by atoms with van der Waals surface area (Å²) in [5, 5.41) is 4.20. The number of hydrogen-bond donors (Lipinski definition) is 1. The average molecular weight is 700 g/mol. The first-order valence-corrected chi connectivity index (χ1v) is 16.4. The molecule has 0 saturated carbocycles. The van der Waals surface area contributed by atoms with Crippen LogP contribution in [0.25, 0.3) is 22.2 Å². The number of hydrogen-bond acceptors (Lipinski definition) is 10. The lowest BCUT2D eigenvalue weighted by atomic mass is 9.97. The number of amides is 1. The molecule has 3 aromatic rings. The highest BCUT2D eigenvalue weighted by Crippen LogP contribution is 2.45. The number of benzene rings is 1. The summed E-state index contributed by atoms with van der Waals surface area (Å²) in [5.74, 6) is 0.646. The average Bonchev–Trinajstić information content (AvgIpc) is 3.72. The number of allylic oxidation sites excluding steroid dienone is 1. The molecule has 0 bridgehead atoms. The second kappa shape index (κ2) is 15.5. The standard InChI is InChI=1S/C34H40Cl2N6O6/c1-6-23(43)12-22-18-48-19-25(22)38-34-37-15-21-13-24(29-30(35)26(46-4)14-27(47-5)31(29)36)33(45)42(32(21)39-34)17-20-9-11-41(16-20)28(44)8-7-10-40(2)3/h6-8,13-15,20,22,25H,1,9-12,16-19H2,2-5H3,(H,37,38,39)/b8-7+/t20?,22-,25+/m0/s1. The number of halogens is 2. The molecule has 5 rings (SSSR count). The predicted molar refractivity (Wildman–Crippen MR) is 186 cm³/mol. The predicted octanol–water partition coefficient (Wildman–Crippen LogP) is 4.32. The first kappa shape index (κ1) is 35.3. The van der Waals surface area contributed by atoms with Crippen LogP contribution in [0, 0.1) is 11.8 Å². The zero-order valence-electron chi connectivity index (χ0n) is 27.5. The van der Waals surface area contributed by atoms with Crippen LogP contribution in [0.5, 0.6) is 11.5 Å². The minimum Gasteiger partial charge on any atom is -0.495 e. The SMILES string of the molecule is C=CC(=O)C[C@H]1COC[C@H]1Nc1ncc2cc(-c3c(Cl)c(OC)cc(OC)c3Cl)c(=O)n(CC3CCN(C(=O)/C=C/CN(C)C)C3)c2n1. The molecule has 0 radical (unpaired) electrons. The molecule has 256 valence electrons. The van der Waals surface area contributed by atoms with Crippen LogP contribution in [-0.4, -0.2) is 103 Å². The molecule has 2 aliphatic rings. The number of carbonyl (C=O) groups excluding carboxylic acids is 2. The van der Waals surface area contributed by atoms with Crippen LogP contribution in [0.15, 0.2) is 47.9 Å². The van der Waals surface area contributed by atoms with E-state index in [1.165, 1.54) is 20.3 Å². The smallest absolute Gasteiger partial charge is 0.260 e. The van der Waals surface area contributed by atoms with Crippen molar-refractivity contribution in [1.29, 1.82) is 0 Å². The van der Waals surface area contributed by atoms with E-state index in [1.54, 1.807) is 33.9 Å². The van der Waals surface area contributed by atoms with Gasteiger partial charge in [0, 0.05) is 67.8 Å². The molecule has 4 heterocycles. The Bertz CT molecular complexity index is 1770. The number of carbonyl (C=O) groups is 2. The van der Waals surface area contributed by atoms with Gasteiger partial charge in [-0.25, -0.2) is 4.98 Å². The van der Waals surface area contributed by atoms with Gasteiger partial charge in [0.25, 0.3) is 5.56 Å². The van der Waals surface area contributed by atoms with Crippen LogP contribution >= 0.6 is 23.2 Å². The van der Waals surface area contributed by atoms with Gasteiger partial charge in [0.2, 0.25) is 11.9 Å². The number of aromatic nitrogens is 3. The van der Waals surface area contributed by atoms with Gasteiger partial charge in [-0.1, -0.05) is 35.9 Å². The molecule has 0 aliphatic carbocycles. The maximum absolute atomic E-state index is 14.5. The molecular weight excluding hydrogens is 659 g/mol. The van der Waals surface area contributed by atoms with Crippen molar-refractivity contribution in [3.8, 4) is 22.6 Å². The Labute approximate surface area is 289 Å². The van der Waals surface area contributed by atoms with Crippen molar-refractivity contribution in [3.63, 3.8) is 0 Å². The molecule has 1 unspecified atom stereocenters. The van der Waals surface area contributed by atoms with E-state index in [4.69, 9.17) is 42.4 Å². The lowest BCUT2D eigenvalue weighted by molar-refractivity contribution is -0.125. The molecule has 1 amide bonds. The third kappa shape index (κ3) is 7.67. The molecule has 2 aromatic heterocycles. The van der Waals surface area contributed by atoms with E-state index in [0.29, 0.717) is 67.7 Å². The van der Waals surface area contributed by atoms with Gasteiger partial charge in [0.15, 0.2) is 5.78 Å². The molecule has 48 heavy (non-hydrogen) atoms. The van der Waals surface area contributed by atoms with E-state index in [-0.39, 0.29) is 69.3 Å². The van der Waals surface area contributed by atoms with E-state index in [9.17, 15) is 14.4 Å². The fourth-order valence-electron chi connectivity index (χ4n) is 6.08. The van der Waals surface area contributed by atoms with Gasteiger partial charge in [-0.05, 0) is 38.6 Å². The van der Waals surface area contributed by atoms with Crippen molar-refractivity contribution >= 4 is 51.9 Å². The van der Waals surface area contributed by atoms with Crippen LogP contribution in [-0.2, 0) is 20.9 Å². The van der Waals surface area contributed by atoms with E-state index >= 15 is 0 Å². The van der Waals surface area contributed by atoms with E-state index in [2.05, 4.69) is 16.9 Å². The lowest BCUT2D eigenvalue weighted by Crippen LogP contribution is -2.31. The second-order valence-corrected chi connectivity index (χ2v) is 13.0. The second-order valence-electron chi connectivity index (χ2n) is 12.3. The van der Waals surface area contributed by atoms with Crippen LogP contribution in [0.2, 0.25) is 10.0 Å². The molecule has 1 aromatic carbocycles. The number of fused-ring (bicyclic) bond motifs is 1. The number of rotatable bonds is 13. The molecule has 1 N–H and O–H groups in total. The first-order valence-electron chi connectivity index (χ1n) is 15.6. The van der Waals surface area contributed by atoms with E-state index in [0.717, 1.165) is 0 Å². The number of nitrogens with zero attached hydrogens (tertiary/aromatic N) is 5. The summed E-state index contributed by atoms with van der Waals surface area (Å²) in [5.41, 5.74) is 0.519. The number of ketones is 1. The molecule has 0 spiro atoms. The van der Waals surface area contributed by atoms with Crippen LogP contribution in [0.3, 0.4) is 0 Å². The van der Waals surface area contributed by atoms with Crippen LogP contribution < -0.4 is 20.3 Å². The first-order chi connectivity index (χ1) is 23.0. The third-order valence-electron chi connectivity index (χ3n) is 8.64. The van der Waals surface area contributed by atoms with E-state index in [1.807, 2.05) is 25.1 Å². The summed E-state index contributed by atoms with van der Waals surface area (Å²) in [7, 11) is 6.81. The Morgan fingerprint density at radius 2 is 1.90 bits per heavy atom. The van der Waals surface area contributed by atoms with Gasteiger partial charge in [-0.2, -0.15) is 4.98 Å². The number of likely N-dealkylation sites (tertiary alicyclic amines) is 1. The maximum atomic E-state index is 14.5. The lowest BCUT2D eigenvalue weighted by Gasteiger charge is -2.21. The highest BCUT2D eigenvalue weighted by molar-refractivity contribution is 6.41.